The Labute approximate surface area is 265 Å². The van der Waals surface area contributed by atoms with Crippen molar-refractivity contribution in [2.75, 3.05) is 44.5 Å². The van der Waals surface area contributed by atoms with Gasteiger partial charge in [-0.25, -0.2) is 13.2 Å². The molecule has 46 heavy (non-hydrogen) atoms. The second-order valence-electron chi connectivity index (χ2n) is 10.9. The number of aliphatic hydroxyl groups is 1. The first-order valence-electron chi connectivity index (χ1n) is 14.2. The number of amides is 3. The van der Waals surface area contributed by atoms with Crippen molar-refractivity contribution in [2.24, 2.45) is 5.92 Å². The molecule has 248 valence electrons. The van der Waals surface area contributed by atoms with Gasteiger partial charge in [0.2, 0.25) is 10.0 Å². The maximum atomic E-state index is 13.7. The van der Waals surface area contributed by atoms with E-state index in [2.05, 4.69) is 10.6 Å². The highest BCUT2D eigenvalue weighted by Crippen LogP contribution is 2.32. The highest BCUT2D eigenvalue weighted by atomic mass is 32.2. The maximum absolute atomic E-state index is 13.7. The number of anilines is 2. The lowest BCUT2D eigenvalue weighted by molar-refractivity contribution is -0.137. The molecule has 0 saturated carbocycles. The van der Waals surface area contributed by atoms with Crippen molar-refractivity contribution < 1.29 is 45.8 Å². The third-order valence-electron chi connectivity index (χ3n) is 7.60. The van der Waals surface area contributed by atoms with Crippen molar-refractivity contribution in [1.29, 1.82) is 0 Å². The summed E-state index contributed by atoms with van der Waals surface area (Å²) in [6, 6.07) is 12.8. The SMILES string of the molecule is COc1ccc(S(=O)(=O)N(C)C[C@@H]2Oc3ccc(NC(=O)Nc4ccc(C(F)(F)F)cc4)cc3C(=O)N([C@@H](C)CO)C[C@H]2C)cc1. The number of ether oxygens (including phenoxy) is 2. The number of halogens is 3. The van der Waals surface area contributed by atoms with Crippen LogP contribution in [0.4, 0.5) is 29.3 Å². The van der Waals surface area contributed by atoms with Crippen molar-refractivity contribution >= 4 is 33.3 Å². The standard InChI is InChI=1S/C31H35F3N4O7S/c1-19-16-38(20(2)18-39)29(40)26-15-23(36-30(41)35-22-7-5-21(6-8-22)31(32,33)34)9-14-27(26)45-28(19)17-37(3)46(42,43)25-12-10-24(44-4)11-13-25/h5-15,19-20,28,39H,16-18H2,1-4H3,(H2,35,36,41)/t19-,20+,28+/m1/s1. The van der Waals surface area contributed by atoms with E-state index in [1.54, 1.807) is 19.1 Å². The molecule has 0 radical (unpaired) electrons. The number of urea groups is 1. The first-order chi connectivity index (χ1) is 21.6. The average molecular weight is 665 g/mol. The van der Waals surface area contributed by atoms with Crippen LogP contribution in [0.15, 0.2) is 71.6 Å². The number of sulfonamides is 1. The lowest BCUT2D eigenvalue weighted by atomic mass is 9.99. The van der Waals surface area contributed by atoms with Crippen LogP contribution in [0.3, 0.4) is 0 Å². The monoisotopic (exact) mass is 664 g/mol. The zero-order valence-electron chi connectivity index (χ0n) is 25.5. The molecule has 11 nitrogen and oxygen atoms in total. The number of carbonyl (C=O) groups is 2. The van der Waals surface area contributed by atoms with Crippen LogP contribution in [0.2, 0.25) is 0 Å². The van der Waals surface area contributed by atoms with Crippen LogP contribution in [0.5, 0.6) is 11.5 Å². The summed E-state index contributed by atoms with van der Waals surface area (Å²) in [7, 11) is -1.02. The van der Waals surface area contributed by atoms with Crippen molar-refractivity contribution in [2.45, 2.75) is 37.1 Å². The number of carbonyl (C=O) groups excluding carboxylic acids is 2. The largest absolute Gasteiger partial charge is 0.497 e. The number of nitrogens with one attached hydrogen (secondary N) is 2. The summed E-state index contributed by atoms with van der Waals surface area (Å²) < 4.78 is 77.8. The molecular weight excluding hydrogens is 629 g/mol. The van der Waals surface area contributed by atoms with Crippen molar-refractivity contribution in [3.05, 3.63) is 77.9 Å². The summed E-state index contributed by atoms with van der Waals surface area (Å²) in [5.41, 5.74) is -0.506. The number of alkyl halides is 3. The van der Waals surface area contributed by atoms with Crippen LogP contribution in [0.25, 0.3) is 0 Å². The Bertz CT molecular complexity index is 1650. The van der Waals surface area contributed by atoms with Gasteiger partial charge in [0.1, 0.15) is 17.6 Å². The van der Waals surface area contributed by atoms with E-state index in [0.717, 1.165) is 24.3 Å². The van der Waals surface area contributed by atoms with Gasteiger partial charge >= 0.3 is 12.2 Å². The van der Waals surface area contributed by atoms with Gasteiger partial charge in [-0.1, -0.05) is 6.92 Å². The molecule has 0 fully saturated rings. The average Bonchev–Trinajstić information content (AvgIpc) is 3.02. The van der Waals surface area contributed by atoms with E-state index in [9.17, 15) is 36.3 Å². The van der Waals surface area contributed by atoms with Gasteiger partial charge in [0.05, 0.1) is 42.3 Å². The highest BCUT2D eigenvalue weighted by molar-refractivity contribution is 7.89. The number of hydrogen-bond donors (Lipinski definition) is 3. The maximum Gasteiger partial charge on any atom is 0.416 e. The Balaban J connectivity index is 1.58. The number of aliphatic hydroxyl groups excluding tert-OH is 1. The minimum absolute atomic E-state index is 0.0604. The van der Waals surface area contributed by atoms with Crippen LogP contribution >= 0.6 is 0 Å². The topological polar surface area (TPSA) is 138 Å². The molecule has 0 aromatic heterocycles. The predicted octanol–water partition coefficient (Wildman–Crippen LogP) is 4.90. The normalized spacial score (nSPS) is 17.8. The van der Waals surface area contributed by atoms with E-state index in [4.69, 9.17) is 9.47 Å². The molecule has 3 aromatic rings. The van der Waals surface area contributed by atoms with E-state index in [1.165, 1.54) is 53.7 Å². The molecule has 3 atom stereocenters. The molecule has 0 saturated heterocycles. The molecule has 0 aliphatic carbocycles. The zero-order chi connectivity index (χ0) is 33.8. The molecule has 3 amide bonds. The minimum atomic E-state index is -4.52. The Hall–Kier alpha value is -4.34. The Morgan fingerprint density at radius 3 is 2.28 bits per heavy atom. The summed E-state index contributed by atoms with van der Waals surface area (Å²) in [6.45, 7) is 3.21. The van der Waals surface area contributed by atoms with E-state index in [-0.39, 0.29) is 53.2 Å². The van der Waals surface area contributed by atoms with Gasteiger partial charge in [-0.15, -0.1) is 0 Å². The Morgan fingerprint density at radius 1 is 1.09 bits per heavy atom. The molecule has 3 N–H and O–H groups in total. The lowest BCUT2D eigenvalue weighted by Crippen LogP contribution is -2.50. The molecule has 3 aromatic carbocycles. The second kappa shape index (κ2) is 14.0. The molecule has 0 spiro atoms. The fraction of sp³-hybridized carbons (Fsp3) is 0.355. The van der Waals surface area contributed by atoms with Gasteiger partial charge in [-0.3, -0.25) is 4.79 Å². The van der Waals surface area contributed by atoms with Gasteiger partial charge in [0.15, 0.2) is 0 Å². The predicted molar refractivity (Wildman–Crippen MR) is 165 cm³/mol. The number of benzene rings is 3. The van der Waals surface area contributed by atoms with Gasteiger partial charge in [0.25, 0.3) is 5.91 Å². The van der Waals surface area contributed by atoms with Gasteiger partial charge in [-0.2, -0.15) is 17.5 Å². The van der Waals surface area contributed by atoms with Gasteiger partial charge in [0, 0.05) is 30.9 Å². The van der Waals surface area contributed by atoms with E-state index in [1.807, 2.05) is 6.92 Å². The number of fused-ring (bicyclic) bond motifs is 1. The van der Waals surface area contributed by atoms with Crippen molar-refractivity contribution in [3.63, 3.8) is 0 Å². The third-order valence-corrected chi connectivity index (χ3v) is 9.44. The fourth-order valence-electron chi connectivity index (χ4n) is 4.83. The Kier molecular flexibility index (Phi) is 10.5. The first kappa shape index (κ1) is 34.5. The third kappa shape index (κ3) is 7.89. The molecule has 4 rings (SSSR count). The summed E-state index contributed by atoms with van der Waals surface area (Å²) in [4.78, 5) is 27.9. The van der Waals surface area contributed by atoms with Gasteiger partial charge < -0.3 is 30.1 Å². The smallest absolute Gasteiger partial charge is 0.416 e. The molecule has 1 aliphatic heterocycles. The van der Waals surface area contributed by atoms with E-state index < -0.39 is 45.8 Å². The summed E-state index contributed by atoms with van der Waals surface area (Å²) >= 11 is 0. The quantitative estimate of drug-likeness (QED) is 0.296. The zero-order valence-corrected chi connectivity index (χ0v) is 26.4. The number of nitrogens with zero attached hydrogens (tertiary/aromatic N) is 2. The molecule has 15 heteroatoms. The van der Waals surface area contributed by atoms with Crippen LogP contribution in [-0.2, 0) is 16.2 Å². The molecule has 1 aliphatic rings. The number of hydrogen-bond acceptors (Lipinski definition) is 7. The number of methoxy groups -OCH3 is 1. The van der Waals surface area contributed by atoms with E-state index in [0.29, 0.717) is 5.75 Å². The highest BCUT2D eigenvalue weighted by Gasteiger charge is 2.35. The molecule has 0 unspecified atom stereocenters. The van der Waals surface area contributed by atoms with Gasteiger partial charge in [-0.05, 0) is 73.7 Å². The van der Waals surface area contributed by atoms with Crippen LogP contribution in [0, 0.1) is 5.92 Å². The Morgan fingerprint density at radius 2 is 1.70 bits per heavy atom. The van der Waals surface area contributed by atoms with Crippen LogP contribution in [0.1, 0.15) is 29.8 Å². The molecule has 1 heterocycles. The molecular formula is C31H35F3N4O7S. The summed E-state index contributed by atoms with van der Waals surface area (Å²) in [5, 5.41) is 14.9. The molecule has 0 bridgehead atoms. The fourth-order valence-corrected chi connectivity index (χ4v) is 6.02. The van der Waals surface area contributed by atoms with Crippen molar-refractivity contribution in [1.82, 2.24) is 9.21 Å². The van der Waals surface area contributed by atoms with E-state index >= 15 is 0 Å². The van der Waals surface area contributed by atoms with Crippen LogP contribution in [-0.4, -0.2) is 80.7 Å². The summed E-state index contributed by atoms with van der Waals surface area (Å²) in [6.07, 6.45) is -5.24. The minimum Gasteiger partial charge on any atom is -0.497 e. The summed E-state index contributed by atoms with van der Waals surface area (Å²) in [5.74, 6) is -0.204. The van der Waals surface area contributed by atoms with Crippen LogP contribution < -0.4 is 20.1 Å². The van der Waals surface area contributed by atoms with Crippen molar-refractivity contribution in [3.8, 4) is 11.5 Å². The number of rotatable bonds is 9. The lowest BCUT2D eigenvalue weighted by Gasteiger charge is -2.38. The number of likely N-dealkylation sites (N-methyl/N-ethyl adjacent to an activating group) is 1. The second-order valence-corrected chi connectivity index (χ2v) is 13.0. The first-order valence-corrected chi connectivity index (χ1v) is 15.7.